The van der Waals surface area contributed by atoms with Crippen molar-refractivity contribution in [3.05, 3.63) is 68.6 Å². The van der Waals surface area contributed by atoms with Crippen molar-refractivity contribution in [2.24, 2.45) is 0 Å². The first kappa shape index (κ1) is 26.1. The molecule has 0 radical (unpaired) electrons. The fourth-order valence-corrected chi connectivity index (χ4v) is 5.12. The number of Topliss-reactive ketones (excluding diaryl/α,β-unsaturated/α-hetero) is 3. The number of hydrogen-bond acceptors (Lipinski definition) is 7. The Morgan fingerprint density at radius 2 is 1.59 bits per heavy atom. The number of aromatic nitrogens is 2. The van der Waals surface area contributed by atoms with Gasteiger partial charge in [-0.15, -0.1) is 0 Å². The molecule has 9 heteroatoms. The van der Waals surface area contributed by atoms with Gasteiger partial charge in [-0.25, -0.2) is 4.79 Å². The summed E-state index contributed by atoms with van der Waals surface area (Å²) in [5.74, 6) is 0.389. The number of methoxy groups -OCH3 is 1. The van der Waals surface area contributed by atoms with Crippen molar-refractivity contribution in [3.63, 3.8) is 0 Å². The van der Waals surface area contributed by atoms with Gasteiger partial charge in [-0.1, -0.05) is 6.58 Å². The number of ketones is 3. The second-order valence-corrected chi connectivity index (χ2v) is 10.1. The second kappa shape index (κ2) is 11.3. The number of esters is 1. The van der Waals surface area contributed by atoms with Gasteiger partial charge in [0.05, 0.1) is 23.9 Å². The van der Waals surface area contributed by atoms with Crippen molar-refractivity contribution in [3.8, 4) is 0 Å². The van der Waals surface area contributed by atoms with E-state index in [4.69, 9.17) is 0 Å². The summed E-state index contributed by atoms with van der Waals surface area (Å²) in [5.41, 5.74) is 3.50. The van der Waals surface area contributed by atoms with Crippen LogP contribution in [0.2, 0.25) is 0 Å². The van der Waals surface area contributed by atoms with Crippen LogP contribution in [0.25, 0.3) is 0 Å². The molecular formula is C25H24Br2N2O5. The highest BCUT2D eigenvalue weighted by Crippen LogP contribution is 2.45. The van der Waals surface area contributed by atoms with Crippen LogP contribution in [0.4, 0.5) is 0 Å². The molecule has 178 valence electrons. The predicted molar refractivity (Wildman–Crippen MR) is 132 cm³/mol. The molecule has 34 heavy (non-hydrogen) atoms. The van der Waals surface area contributed by atoms with E-state index in [0.717, 1.165) is 37.5 Å². The standard InChI is InChI=1S/C13H12BrNO2.C8H6BrNO.C4H6O2/c14-9-5-8-6-11(17)13(12(8)15-7-9)3-1-10(16)2-4-13;9-6-1-5-2-7(11)3-8(5)10-4-6;1-3-4(5)6-2/h5,7H,1-4,6H2;1,4H,2-3H2;3H,1H2,2H3. The molecule has 2 aromatic rings. The molecule has 2 heterocycles. The van der Waals surface area contributed by atoms with Crippen LogP contribution in [-0.2, 0) is 48.6 Å². The number of rotatable bonds is 1. The molecule has 3 aliphatic rings. The first-order valence-corrected chi connectivity index (χ1v) is 12.3. The third-order valence-corrected chi connectivity index (χ3v) is 6.95. The maximum atomic E-state index is 12.3. The average molecular weight is 592 g/mol. The summed E-state index contributed by atoms with van der Waals surface area (Å²) in [6.45, 7) is 3.16. The van der Waals surface area contributed by atoms with Crippen molar-refractivity contribution in [1.82, 2.24) is 9.97 Å². The van der Waals surface area contributed by atoms with Crippen molar-refractivity contribution >= 4 is 55.2 Å². The number of nitrogens with zero attached hydrogens (tertiary/aromatic N) is 2. The molecule has 5 rings (SSSR count). The Bertz CT molecular complexity index is 1150. The minimum absolute atomic E-state index is 0.241. The van der Waals surface area contributed by atoms with Gasteiger partial charge in [-0.05, 0) is 68.0 Å². The lowest BCUT2D eigenvalue weighted by molar-refractivity contribution is -0.135. The first-order chi connectivity index (χ1) is 16.2. The molecule has 2 aromatic heterocycles. The van der Waals surface area contributed by atoms with E-state index in [0.29, 0.717) is 44.9 Å². The summed E-state index contributed by atoms with van der Waals surface area (Å²) >= 11 is 6.69. The minimum atomic E-state index is -0.454. The molecule has 7 nitrogen and oxygen atoms in total. The number of halogens is 2. The molecule has 0 saturated heterocycles. The number of carbonyl (C=O) groups excluding carboxylic acids is 4. The maximum absolute atomic E-state index is 12.3. The van der Waals surface area contributed by atoms with Gasteiger partial charge >= 0.3 is 5.97 Å². The lowest BCUT2D eigenvalue weighted by Crippen LogP contribution is -2.37. The molecule has 1 saturated carbocycles. The zero-order valence-corrected chi connectivity index (χ0v) is 21.9. The van der Waals surface area contributed by atoms with Crippen molar-refractivity contribution < 1.29 is 23.9 Å². The van der Waals surface area contributed by atoms with Crippen LogP contribution in [0, 0.1) is 0 Å². The van der Waals surface area contributed by atoms with E-state index < -0.39 is 11.4 Å². The Labute approximate surface area is 214 Å². The zero-order chi connectivity index (χ0) is 24.9. The molecule has 0 N–H and O–H groups in total. The number of pyridine rings is 2. The summed E-state index contributed by atoms with van der Waals surface area (Å²) in [7, 11) is 1.31. The Hall–Kier alpha value is -2.52. The zero-order valence-electron chi connectivity index (χ0n) is 18.7. The number of carbonyl (C=O) groups is 4. The third kappa shape index (κ3) is 5.93. The van der Waals surface area contributed by atoms with Gasteiger partial charge in [0.25, 0.3) is 0 Å². The van der Waals surface area contributed by atoms with Crippen LogP contribution in [0.1, 0.15) is 48.2 Å². The fourth-order valence-electron chi connectivity index (χ4n) is 4.36. The molecule has 1 spiro atoms. The van der Waals surface area contributed by atoms with E-state index in [2.05, 4.69) is 53.1 Å². The normalized spacial score (nSPS) is 17.1. The second-order valence-electron chi connectivity index (χ2n) is 8.26. The molecule has 3 aliphatic carbocycles. The Kier molecular flexibility index (Phi) is 8.65. The molecule has 0 amide bonds. The Balaban J connectivity index is 0.000000164. The molecule has 1 fully saturated rings. The summed E-state index contributed by atoms with van der Waals surface area (Å²) in [6, 6.07) is 3.94. The quantitative estimate of drug-likeness (QED) is 0.361. The van der Waals surface area contributed by atoms with E-state index in [1.165, 1.54) is 7.11 Å². The average Bonchev–Trinajstić information content (AvgIpc) is 3.31. The van der Waals surface area contributed by atoms with E-state index in [1.54, 1.807) is 12.4 Å². The van der Waals surface area contributed by atoms with Crippen molar-refractivity contribution in [1.29, 1.82) is 0 Å². The van der Waals surface area contributed by atoms with E-state index in [9.17, 15) is 19.2 Å². The minimum Gasteiger partial charge on any atom is -0.466 e. The van der Waals surface area contributed by atoms with Gasteiger partial charge in [0.15, 0.2) is 0 Å². The lowest BCUT2D eigenvalue weighted by Gasteiger charge is -2.31. The van der Waals surface area contributed by atoms with Gasteiger partial charge in [-0.2, -0.15) is 0 Å². The summed E-state index contributed by atoms with van der Waals surface area (Å²) in [5, 5.41) is 0. The number of fused-ring (bicyclic) bond motifs is 3. The monoisotopic (exact) mass is 590 g/mol. The van der Waals surface area contributed by atoms with Gasteiger partial charge < -0.3 is 4.74 Å². The van der Waals surface area contributed by atoms with Gasteiger partial charge in [0, 0.05) is 59.5 Å². The number of ether oxygens (including phenoxy) is 1. The topological polar surface area (TPSA) is 103 Å². The largest absolute Gasteiger partial charge is 0.466 e. The van der Waals surface area contributed by atoms with Gasteiger partial charge in [0.2, 0.25) is 0 Å². The summed E-state index contributed by atoms with van der Waals surface area (Å²) in [6.07, 6.45) is 8.46. The lowest BCUT2D eigenvalue weighted by atomic mass is 9.71. The maximum Gasteiger partial charge on any atom is 0.329 e. The Morgan fingerprint density at radius 1 is 0.971 bits per heavy atom. The molecule has 0 aromatic carbocycles. The van der Waals surface area contributed by atoms with E-state index in [1.807, 2.05) is 12.1 Å². The highest BCUT2D eigenvalue weighted by molar-refractivity contribution is 9.10. The highest BCUT2D eigenvalue weighted by atomic mass is 79.9. The molecule has 0 aliphatic heterocycles. The smallest absolute Gasteiger partial charge is 0.329 e. The molecular weight excluding hydrogens is 568 g/mol. The Morgan fingerprint density at radius 3 is 2.18 bits per heavy atom. The van der Waals surface area contributed by atoms with Crippen molar-refractivity contribution in [2.45, 2.75) is 50.4 Å². The predicted octanol–water partition coefficient (Wildman–Crippen LogP) is 4.21. The highest BCUT2D eigenvalue weighted by Gasteiger charge is 2.49. The van der Waals surface area contributed by atoms with Crippen LogP contribution >= 0.6 is 31.9 Å². The van der Waals surface area contributed by atoms with Crippen LogP contribution < -0.4 is 0 Å². The first-order valence-electron chi connectivity index (χ1n) is 10.7. The van der Waals surface area contributed by atoms with E-state index in [-0.39, 0.29) is 17.3 Å². The molecule has 0 bridgehead atoms. The van der Waals surface area contributed by atoms with Gasteiger partial charge in [0.1, 0.15) is 17.3 Å². The summed E-state index contributed by atoms with van der Waals surface area (Å²) in [4.78, 5) is 53.0. The molecule has 0 unspecified atom stereocenters. The fraction of sp³-hybridized carbons (Fsp3) is 0.360. The number of hydrogen-bond donors (Lipinski definition) is 0. The van der Waals surface area contributed by atoms with Crippen molar-refractivity contribution in [2.75, 3.05) is 7.11 Å². The van der Waals surface area contributed by atoms with Crippen LogP contribution in [0.3, 0.4) is 0 Å². The van der Waals surface area contributed by atoms with Crippen LogP contribution in [-0.4, -0.2) is 40.4 Å². The SMILES string of the molecule is C=CC(=O)OC.O=C1CCC2(CC1)C(=O)Cc1cc(Br)cnc12.O=C1Cc2cc(Br)cnc2C1. The van der Waals surface area contributed by atoms with E-state index >= 15 is 0 Å². The van der Waals surface area contributed by atoms with Crippen LogP contribution in [0.5, 0.6) is 0 Å². The molecule has 0 atom stereocenters. The van der Waals surface area contributed by atoms with Gasteiger partial charge in [-0.3, -0.25) is 24.4 Å². The third-order valence-electron chi connectivity index (χ3n) is 6.08. The summed E-state index contributed by atoms with van der Waals surface area (Å²) < 4.78 is 6.00. The van der Waals surface area contributed by atoms with Crippen LogP contribution in [0.15, 0.2) is 46.1 Å².